The molecule has 216 valence electrons. The van der Waals surface area contributed by atoms with Gasteiger partial charge in [0.2, 0.25) is 0 Å². The molecule has 1 aliphatic heterocycles. The fraction of sp³-hybridized carbons (Fsp3) is 0.467. The number of amides is 3. The van der Waals surface area contributed by atoms with Crippen molar-refractivity contribution in [1.82, 2.24) is 10.2 Å². The highest BCUT2D eigenvalue weighted by Crippen LogP contribution is 2.38. The van der Waals surface area contributed by atoms with E-state index in [0.717, 1.165) is 0 Å². The maximum atomic E-state index is 17.7. The van der Waals surface area contributed by atoms with Crippen molar-refractivity contribution in [1.29, 1.82) is 0 Å². The monoisotopic (exact) mass is 618 g/mol. The highest BCUT2D eigenvalue weighted by Gasteiger charge is 2.60. The lowest BCUT2D eigenvalue weighted by Crippen LogP contribution is -2.62. The summed E-state index contributed by atoms with van der Waals surface area (Å²) < 4.78 is 29.2. The number of benzene rings is 2. The molecular weight excluding hydrogens is 583 g/mol. The number of hydrogen-bond donors (Lipinski definition) is 1. The van der Waals surface area contributed by atoms with Gasteiger partial charge in [0.05, 0.1) is 5.54 Å². The van der Waals surface area contributed by atoms with E-state index in [0.29, 0.717) is 34.2 Å². The lowest BCUT2D eigenvalue weighted by atomic mass is 9.82. The molecular formula is C30H36BrFN2O6. The van der Waals surface area contributed by atoms with Crippen LogP contribution >= 0.6 is 15.9 Å². The van der Waals surface area contributed by atoms with Crippen LogP contribution in [0.15, 0.2) is 59.1 Å². The van der Waals surface area contributed by atoms with Crippen LogP contribution in [0.3, 0.4) is 0 Å². The minimum atomic E-state index is -3.39. The van der Waals surface area contributed by atoms with E-state index in [2.05, 4.69) is 21.2 Å². The summed E-state index contributed by atoms with van der Waals surface area (Å²) in [6.07, 6.45) is -0.976. The van der Waals surface area contributed by atoms with Crippen LogP contribution in [0.25, 0.3) is 0 Å². The highest BCUT2D eigenvalue weighted by molar-refractivity contribution is 9.10. The third-order valence-electron chi connectivity index (χ3n) is 7.57. The van der Waals surface area contributed by atoms with Crippen molar-refractivity contribution in [3.63, 3.8) is 0 Å². The van der Waals surface area contributed by atoms with Gasteiger partial charge in [0, 0.05) is 10.9 Å². The number of carbonyl (C=O) groups is 4. The molecule has 2 aromatic rings. The number of imide groups is 1. The van der Waals surface area contributed by atoms with Crippen LogP contribution in [0, 0.1) is 0 Å². The Morgan fingerprint density at radius 1 is 1.05 bits per heavy atom. The van der Waals surface area contributed by atoms with Gasteiger partial charge in [0.25, 0.3) is 11.6 Å². The number of Topliss-reactive ketones (excluding diaryl/α,β-unsaturated/α-hetero) is 1. The average molecular weight is 620 g/mol. The van der Waals surface area contributed by atoms with Crippen LogP contribution < -0.4 is 5.32 Å². The van der Waals surface area contributed by atoms with Gasteiger partial charge < -0.3 is 14.8 Å². The Balaban J connectivity index is 2.16. The van der Waals surface area contributed by atoms with E-state index in [1.807, 2.05) is 20.8 Å². The van der Waals surface area contributed by atoms with E-state index < -0.39 is 53.1 Å². The molecule has 0 unspecified atom stereocenters. The molecule has 2 atom stereocenters. The van der Waals surface area contributed by atoms with E-state index in [9.17, 15) is 19.2 Å². The quantitative estimate of drug-likeness (QED) is 0.290. The molecule has 40 heavy (non-hydrogen) atoms. The van der Waals surface area contributed by atoms with Crippen molar-refractivity contribution in [3.05, 3.63) is 70.2 Å². The number of hydrogen-bond acceptors (Lipinski definition) is 6. The number of alkyl halides is 1. The highest BCUT2D eigenvalue weighted by atomic mass is 79.9. The van der Waals surface area contributed by atoms with Crippen LogP contribution in [0.4, 0.5) is 14.0 Å². The van der Waals surface area contributed by atoms with Crippen LogP contribution in [0.5, 0.6) is 0 Å². The van der Waals surface area contributed by atoms with E-state index in [-0.39, 0.29) is 12.2 Å². The number of nitrogens with zero attached hydrogens (tertiary/aromatic N) is 1. The Hall–Kier alpha value is -3.27. The summed E-state index contributed by atoms with van der Waals surface area (Å²) in [5, 5.41) is 2.49. The molecule has 1 N–H and O–H groups in total. The Bertz CT molecular complexity index is 1220. The summed E-state index contributed by atoms with van der Waals surface area (Å²) in [6, 6.07) is 12.8. The van der Waals surface area contributed by atoms with Crippen molar-refractivity contribution in [3.8, 4) is 0 Å². The number of rotatable bonds is 11. The smallest absolute Gasteiger partial charge is 0.417 e. The molecule has 0 aliphatic carbocycles. The molecule has 0 spiro atoms. The van der Waals surface area contributed by atoms with E-state index in [1.165, 1.54) is 26.0 Å². The molecule has 1 heterocycles. The SMILES string of the molecule is CCC(CC)(CC)OC(=O)N[C@H](c1ccc(Br)cc1)[C@@](F)(C(=O)Cc1ccccc1)C(=O)N1C(=O)OCC1(C)C. The van der Waals surface area contributed by atoms with Gasteiger partial charge in [-0.2, -0.15) is 0 Å². The first kappa shape index (κ1) is 31.3. The largest absolute Gasteiger partial charge is 0.447 e. The van der Waals surface area contributed by atoms with E-state index >= 15 is 4.39 Å². The lowest BCUT2D eigenvalue weighted by molar-refractivity contribution is -0.154. The zero-order valence-corrected chi connectivity index (χ0v) is 25.0. The molecule has 10 heteroatoms. The van der Waals surface area contributed by atoms with Crippen LogP contribution in [0.1, 0.15) is 71.0 Å². The first-order valence-electron chi connectivity index (χ1n) is 13.4. The summed E-state index contributed by atoms with van der Waals surface area (Å²) in [5.74, 6) is -2.54. The summed E-state index contributed by atoms with van der Waals surface area (Å²) in [5.41, 5.74) is -4.84. The fourth-order valence-electron chi connectivity index (χ4n) is 4.83. The van der Waals surface area contributed by atoms with E-state index in [1.54, 1.807) is 42.5 Å². The molecule has 0 bridgehead atoms. The maximum absolute atomic E-state index is 17.7. The minimum Gasteiger partial charge on any atom is -0.447 e. The van der Waals surface area contributed by atoms with Gasteiger partial charge >= 0.3 is 12.2 Å². The van der Waals surface area contributed by atoms with Crippen molar-refractivity contribution in [2.24, 2.45) is 0 Å². The Kier molecular flexibility index (Phi) is 9.76. The van der Waals surface area contributed by atoms with Gasteiger partial charge in [0.1, 0.15) is 18.2 Å². The number of halogens is 2. The summed E-state index contributed by atoms with van der Waals surface area (Å²) >= 11 is 3.33. The second kappa shape index (κ2) is 12.5. The van der Waals surface area contributed by atoms with Crippen molar-refractivity contribution in [2.45, 2.75) is 83.2 Å². The molecule has 2 aromatic carbocycles. The maximum Gasteiger partial charge on any atom is 0.417 e. The Labute approximate surface area is 242 Å². The third kappa shape index (κ3) is 6.37. The standard InChI is InChI=1S/C30H36BrFN2O6/c1-6-29(7-2,8-3)40-26(37)33-24(21-14-16-22(31)17-15-21)30(32,23(35)18-20-12-10-9-11-13-20)25(36)34-27(38)39-19-28(34,4)5/h9-17,24H,6-8,18-19H2,1-5H3,(H,33,37)/t24-,30+/m1/s1. The molecule has 1 aliphatic rings. The first-order valence-corrected chi connectivity index (χ1v) is 14.2. The second-order valence-corrected chi connectivity index (χ2v) is 11.5. The van der Waals surface area contributed by atoms with Crippen molar-refractivity contribution in [2.75, 3.05) is 6.61 Å². The third-order valence-corrected chi connectivity index (χ3v) is 8.10. The van der Waals surface area contributed by atoms with Gasteiger partial charge in [-0.05, 0) is 56.4 Å². The molecule has 8 nitrogen and oxygen atoms in total. The lowest BCUT2D eigenvalue weighted by Gasteiger charge is -2.38. The van der Waals surface area contributed by atoms with Gasteiger partial charge in [-0.25, -0.2) is 18.9 Å². The zero-order chi connectivity index (χ0) is 29.7. The molecule has 0 radical (unpaired) electrons. The fourth-order valence-corrected chi connectivity index (χ4v) is 5.09. The number of carbonyl (C=O) groups excluding carboxylic acids is 4. The normalized spacial score (nSPS) is 17.0. The summed E-state index contributed by atoms with van der Waals surface area (Å²) in [7, 11) is 0. The second-order valence-electron chi connectivity index (χ2n) is 10.6. The van der Waals surface area contributed by atoms with Gasteiger partial charge in [-0.1, -0.05) is 79.2 Å². The zero-order valence-electron chi connectivity index (χ0n) is 23.5. The predicted molar refractivity (Wildman–Crippen MR) is 151 cm³/mol. The predicted octanol–water partition coefficient (Wildman–Crippen LogP) is 6.46. The van der Waals surface area contributed by atoms with Crippen molar-refractivity contribution < 1.29 is 33.0 Å². The average Bonchev–Trinajstić information content (AvgIpc) is 3.22. The molecule has 1 saturated heterocycles. The molecule has 0 saturated carbocycles. The number of nitrogens with one attached hydrogen (secondary N) is 1. The Morgan fingerprint density at radius 3 is 2.12 bits per heavy atom. The number of ether oxygens (including phenoxy) is 2. The van der Waals surface area contributed by atoms with E-state index in [4.69, 9.17) is 9.47 Å². The molecule has 0 aromatic heterocycles. The summed E-state index contributed by atoms with van der Waals surface area (Å²) in [4.78, 5) is 54.6. The van der Waals surface area contributed by atoms with Crippen LogP contribution in [0.2, 0.25) is 0 Å². The molecule has 3 rings (SSSR count). The molecule has 1 fully saturated rings. The molecule has 3 amide bonds. The van der Waals surface area contributed by atoms with Gasteiger partial charge in [-0.15, -0.1) is 0 Å². The van der Waals surface area contributed by atoms with Crippen LogP contribution in [-0.2, 0) is 25.5 Å². The Morgan fingerprint density at radius 2 is 1.62 bits per heavy atom. The number of ketones is 1. The van der Waals surface area contributed by atoms with Gasteiger partial charge in [-0.3, -0.25) is 9.59 Å². The summed E-state index contributed by atoms with van der Waals surface area (Å²) in [6.45, 7) is 8.52. The minimum absolute atomic E-state index is 0.137. The topological polar surface area (TPSA) is 102 Å². The number of cyclic esters (lactones) is 1. The van der Waals surface area contributed by atoms with Crippen LogP contribution in [-0.4, -0.2) is 52.2 Å². The number of alkyl carbamates (subject to hydrolysis) is 1. The first-order chi connectivity index (χ1) is 18.8. The van der Waals surface area contributed by atoms with Crippen molar-refractivity contribution >= 4 is 39.8 Å². The van der Waals surface area contributed by atoms with Gasteiger partial charge in [0.15, 0.2) is 5.78 Å².